The first-order valence-corrected chi connectivity index (χ1v) is 7.76. The Bertz CT molecular complexity index is 119. The molecular formula is C10H24OSi. The van der Waals surface area contributed by atoms with Gasteiger partial charge in [0.2, 0.25) is 0 Å². The molecule has 0 radical (unpaired) electrons. The summed E-state index contributed by atoms with van der Waals surface area (Å²) in [7, 11) is -0.791. The van der Waals surface area contributed by atoms with Crippen molar-refractivity contribution in [1.29, 1.82) is 0 Å². The van der Waals surface area contributed by atoms with Crippen LogP contribution in [0.15, 0.2) is 0 Å². The molecule has 0 aliphatic carbocycles. The summed E-state index contributed by atoms with van der Waals surface area (Å²) in [5.41, 5.74) is 0.434. The molecule has 0 heterocycles. The van der Waals surface area contributed by atoms with E-state index in [9.17, 15) is 0 Å². The van der Waals surface area contributed by atoms with Gasteiger partial charge < -0.3 is 4.43 Å². The lowest BCUT2D eigenvalue weighted by molar-refractivity contribution is 0.176. The molecule has 0 spiro atoms. The van der Waals surface area contributed by atoms with Gasteiger partial charge in [0.25, 0.3) is 0 Å². The molecule has 0 saturated heterocycles. The van der Waals surface area contributed by atoms with Crippen LogP contribution in [0.1, 0.15) is 34.1 Å². The fourth-order valence-corrected chi connectivity index (χ4v) is 1.44. The molecule has 2 heteroatoms. The second-order valence-electron chi connectivity index (χ2n) is 4.81. The smallest absolute Gasteiger partial charge is 0.170 e. The van der Waals surface area contributed by atoms with E-state index in [4.69, 9.17) is 4.43 Å². The Hall–Kier alpha value is 0.177. The van der Waals surface area contributed by atoms with Crippen LogP contribution < -0.4 is 0 Å². The minimum Gasteiger partial charge on any atom is -0.421 e. The van der Waals surface area contributed by atoms with Crippen molar-refractivity contribution in [3.63, 3.8) is 0 Å². The van der Waals surface area contributed by atoms with Crippen molar-refractivity contribution in [3.05, 3.63) is 0 Å². The molecule has 0 aromatic rings. The van der Waals surface area contributed by atoms with Gasteiger partial charge in [0, 0.05) is 6.61 Å². The van der Waals surface area contributed by atoms with Gasteiger partial charge in [0.1, 0.15) is 0 Å². The van der Waals surface area contributed by atoms with E-state index < -0.39 is 9.04 Å². The predicted octanol–water partition coefficient (Wildman–Crippen LogP) is 3.06. The molecule has 0 bridgehead atoms. The molecule has 0 amide bonds. The first-order chi connectivity index (χ1) is 5.36. The van der Waals surface area contributed by atoms with Crippen LogP contribution >= 0.6 is 0 Å². The second kappa shape index (κ2) is 5.03. The highest BCUT2D eigenvalue weighted by Gasteiger charge is 2.21. The Labute approximate surface area is 79.2 Å². The van der Waals surface area contributed by atoms with Crippen LogP contribution in [0.2, 0.25) is 13.1 Å². The zero-order valence-electron chi connectivity index (χ0n) is 9.48. The first-order valence-electron chi connectivity index (χ1n) is 4.98. The molecule has 1 nitrogen and oxygen atoms in total. The molecule has 0 unspecified atom stereocenters. The summed E-state index contributed by atoms with van der Waals surface area (Å²) in [5.74, 6) is 0.745. The lowest BCUT2D eigenvalue weighted by Gasteiger charge is -2.29. The standard InChI is InChI=1S/C10H24OSi/c1-9(2)10(3,4)7-8-11-12(5)6/h9,12H,7-8H2,1-6H3. The lowest BCUT2D eigenvalue weighted by Crippen LogP contribution is -2.22. The Kier molecular flexibility index (Phi) is 5.10. The Morgan fingerprint density at radius 2 is 1.75 bits per heavy atom. The van der Waals surface area contributed by atoms with Crippen molar-refractivity contribution in [2.24, 2.45) is 11.3 Å². The van der Waals surface area contributed by atoms with Crippen LogP contribution in [0, 0.1) is 11.3 Å². The zero-order chi connectivity index (χ0) is 9.78. The largest absolute Gasteiger partial charge is 0.421 e. The molecule has 0 atom stereocenters. The van der Waals surface area contributed by atoms with Gasteiger partial charge in [-0.15, -0.1) is 0 Å². The monoisotopic (exact) mass is 188 g/mol. The third-order valence-corrected chi connectivity index (χ3v) is 3.66. The van der Waals surface area contributed by atoms with E-state index in [1.807, 2.05) is 0 Å². The van der Waals surface area contributed by atoms with Crippen molar-refractivity contribution in [2.75, 3.05) is 6.61 Å². The van der Waals surface area contributed by atoms with E-state index in [2.05, 4.69) is 40.8 Å². The molecule has 12 heavy (non-hydrogen) atoms. The third kappa shape index (κ3) is 4.94. The second-order valence-corrected chi connectivity index (χ2v) is 7.24. The minimum absolute atomic E-state index is 0.434. The Morgan fingerprint density at radius 3 is 2.08 bits per heavy atom. The molecule has 0 aliphatic heterocycles. The van der Waals surface area contributed by atoms with E-state index in [-0.39, 0.29) is 0 Å². The highest BCUT2D eigenvalue weighted by atomic mass is 28.3. The molecule has 0 aliphatic rings. The molecule has 0 saturated carbocycles. The molecule has 0 fully saturated rings. The van der Waals surface area contributed by atoms with E-state index in [1.165, 1.54) is 6.42 Å². The van der Waals surface area contributed by atoms with E-state index >= 15 is 0 Å². The predicted molar refractivity (Wildman–Crippen MR) is 58.1 cm³/mol. The summed E-state index contributed by atoms with van der Waals surface area (Å²) in [6, 6.07) is 0. The van der Waals surface area contributed by atoms with Gasteiger partial charge in [0.15, 0.2) is 9.04 Å². The van der Waals surface area contributed by atoms with Gasteiger partial charge in [-0.3, -0.25) is 0 Å². The fourth-order valence-electron chi connectivity index (χ4n) is 0.846. The molecule has 0 aromatic carbocycles. The molecule has 0 rings (SSSR count). The summed E-state index contributed by atoms with van der Waals surface area (Å²) < 4.78 is 5.67. The minimum atomic E-state index is -0.791. The molecular weight excluding hydrogens is 164 g/mol. The maximum absolute atomic E-state index is 5.67. The van der Waals surface area contributed by atoms with Gasteiger partial charge >= 0.3 is 0 Å². The summed E-state index contributed by atoms with van der Waals surface area (Å²) in [6.45, 7) is 14.6. The number of hydrogen-bond donors (Lipinski definition) is 0. The highest BCUT2D eigenvalue weighted by Crippen LogP contribution is 2.29. The molecule has 74 valence electrons. The van der Waals surface area contributed by atoms with Crippen LogP contribution in [0.3, 0.4) is 0 Å². The topological polar surface area (TPSA) is 9.23 Å². The number of hydrogen-bond acceptors (Lipinski definition) is 1. The van der Waals surface area contributed by atoms with E-state index in [0.717, 1.165) is 12.5 Å². The van der Waals surface area contributed by atoms with Crippen LogP contribution in [0.25, 0.3) is 0 Å². The summed E-state index contributed by atoms with van der Waals surface area (Å²) in [4.78, 5) is 0. The van der Waals surface area contributed by atoms with Crippen LogP contribution in [-0.4, -0.2) is 15.6 Å². The van der Waals surface area contributed by atoms with Gasteiger partial charge in [-0.2, -0.15) is 0 Å². The van der Waals surface area contributed by atoms with Crippen molar-refractivity contribution in [1.82, 2.24) is 0 Å². The average molecular weight is 188 g/mol. The zero-order valence-corrected chi connectivity index (χ0v) is 10.6. The summed E-state index contributed by atoms with van der Waals surface area (Å²) >= 11 is 0. The fraction of sp³-hybridized carbons (Fsp3) is 1.00. The van der Waals surface area contributed by atoms with Gasteiger partial charge in [0.05, 0.1) is 0 Å². The van der Waals surface area contributed by atoms with Crippen molar-refractivity contribution < 1.29 is 4.43 Å². The van der Waals surface area contributed by atoms with Crippen LogP contribution in [-0.2, 0) is 4.43 Å². The Balaban J connectivity index is 3.61. The van der Waals surface area contributed by atoms with Gasteiger partial charge in [-0.25, -0.2) is 0 Å². The van der Waals surface area contributed by atoms with Crippen molar-refractivity contribution in [2.45, 2.75) is 47.2 Å². The summed E-state index contributed by atoms with van der Waals surface area (Å²) in [5, 5.41) is 0. The highest BCUT2D eigenvalue weighted by molar-refractivity contribution is 6.48. The van der Waals surface area contributed by atoms with Crippen molar-refractivity contribution in [3.8, 4) is 0 Å². The van der Waals surface area contributed by atoms with E-state index in [1.54, 1.807) is 0 Å². The molecule has 0 aromatic heterocycles. The van der Waals surface area contributed by atoms with E-state index in [0.29, 0.717) is 5.41 Å². The van der Waals surface area contributed by atoms with Crippen molar-refractivity contribution >= 4 is 9.04 Å². The average Bonchev–Trinajstić information content (AvgIpc) is 1.85. The number of rotatable bonds is 5. The normalized spacial score (nSPS) is 13.0. The lowest BCUT2D eigenvalue weighted by atomic mass is 9.79. The maximum atomic E-state index is 5.67. The quantitative estimate of drug-likeness (QED) is 0.603. The SMILES string of the molecule is CC(C)C(C)(C)CCO[SiH](C)C. The van der Waals surface area contributed by atoms with Crippen LogP contribution in [0.4, 0.5) is 0 Å². The summed E-state index contributed by atoms with van der Waals surface area (Å²) in [6.07, 6.45) is 1.19. The van der Waals surface area contributed by atoms with Gasteiger partial charge in [-0.05, 0) is 30.8 Å². The Morgan fingerprint density at radius 1 is 1.25 bits per heavy atom. The van der Waals surface area contributed by atoms with Gasteiger partial charge in [-0.1, -0.05) is 27.7 Å². The van der Waals surface area contributed by atoms with Crippen LogP contribution in [0.5, 0.6) is 0 Å². The first kappa shape index (κ1) is 12.2. The molecule has 0 N–H and O–H groups in total. The third-order valence-electron chi connectivity index (χ3n) is 2.76. The maximum Gasteiger partial charge on any atom is 0.170 e.